The molecule has 0 saturated heterocycles. The zero-order valence-corrected chi connectivity index (χ0v) is 5.79. The van der Waals surface area contributed by atoms with E-state index in [0.29, 0.717) is 5.92 Å². The van der Waals surface area contributed by atoms with Crippen LogP contribution in [0.15, 0.2) is 23.9 Å². The van der Waals surface area contributed by atoms with Crippen molar-refractivity contribution in [2.45, 2.75) is 12.8 Å². The number of rotatable bonds is 0. The van der Waals surface area contributed by atoms with Crippen LogP contribution in [0.2, 0.25) is 0 Å². The van der Waals surface area contributed by atoms with E-state index in [1.807, 2.05) is 6.20 Å². The number of hydroxylamine groups is 1. The van der Waals surface area contributed by atoms with Gasteiger partial charge in [-0.15, -0.1) is 5.48 Å². The minimum Gasteiger partial charge on any atom is -0.251 e. The molecule has 10 heavy (non-hydrogen) atoms. The van der Waals surface area contributed by atoms with Crippen LogP contribution in [0.5, 0.6) is 0 Å². The zero-order valence-electron chi connectivity index (χ0n) is 5.79. The van der Waals surface area contributed by atoms with Crippen LogP contribution >= 0.6 is 0 Å². The molecule has 0 saturated carbocycles. The van der Waals surface area contributed by atoms with E-state index in [9.17, 15) is 0 Å². The Morgan fingerprint density at radius 3 is 3.50 bits per heavy atom. The van der Waals surface area contributed by atoms with Crippen molar-refractivity contribution in [3.63, 3.8) is 0 Å². The van der Waals surface area contributed by atoms with Gasteiger partial charge in [0.1, 0.15) is 0 Å². The van der Waals surface area contributed by atoms with Gasteiger partial charge in [-0.05, 0) is 18.4 Å². The Kier molecular flexibility index (Phi) is 1.47. The second-order valence-electron chi connectivity index (χ2n) is 2.68. The largest absolute Gasteiger partial charge is 0.251 e. The molecule has 2 nitrogen and oxygen atoms in total. The summed E-state index contributed by atoms with van der Waals surface area (Å²) in [4.78, 5) is 4.94. The molecule has 0 spiro atoms. The molecular weight excluding hydrogens is 126 g/mol. The van der Waals surface area contributed by atoms with Crippen molar-refractivity contribution >= 4 is 0 Å². The van der Waals surface area contributed by atoms with Crippen LogP contribution in [0.4, 0.5) is 0 Å². The molecule has 0 fully saturated rings. The fourth-order valence-corrected chi connectivity index (χ4v) is 1.37. The van der Waals surface area contributed by atoms with E-state index in [-0.39, 0.29) is 0 Å². The van der Waals surface area contributed by atoms with Gasteiger partial charge >= 0.3 is 0 Å². The van der Waals surface area contributed by atoms with Crippen LogP contribution in [0.3, 0.4) is 0 Å². The number of nitrogens with zero attached hydrogens (tertiary/aromatic N) is 1. The lowest BCUT2D eigenvalue weighted by Gasteiger charge is -2.22. The monoisotopic (exact) mass is 136 g/mol. The van der Waals surface area contributed by atoms with E-state index in [1.165, 1.54) is 5.57 Å². The van der Waals surface area contributed by atoms with Gasteiger partial charge in [-0.2, -0.15) is 0 Å². The third-order valence-electron chi connectivity index (χ3n) is 1.99. The molecule has 1 aliphatic carbocycles. The van der Waals surface area contributed by atoms with Gasteiger partial charge in [-0.25, -0.2) is 0 Å². The SMILES string of the molecule is C1=CC2CO[N]C=C2CC1. The van der Waals surface area contributed by atoms with Crippen LogP contribution in [-0.2, 0) is 4.84 Å². The summed E-state index contributed by atoms with van der Waals surface area (Å²) < 4.78 is 0. The lowest BCUT2D eigenvalue weighted by molar-refractivity contribution is 0.0375. The Balaban J connectivity index is 2.20. The molecule has 2 rings (SSSR count). The van der Waals surface area contributed by atoms with Gasteiger partial charge in [0, 0.05) is 5.92 Å². The van der Waals surface area contributed by atoms with E-state index in [2.05, 4.69) is 17.6 Å². The molecule has 2 heteroatoms. The maximum Gasteiger partial charge on any atom is 0.0872 e. The highest BCUT2D eigenvalue weighted by molar-refractivity contribution is 5.18. The van der Waals surface area contributed by atoms with Crippen molar-refractivity contribution in [2.75, 3.05) is 6.61 Å². The molecule has 53 valence electrons. The first-order valence-corrected chi connectivity index (χ1v) is 3.64. The Labute approximate surface area is 60.5 Å². The van der Waals surface area contributed by atoms with E-state index in [0.717, 1.165) is 19.4 Å². The summed E-state index contributed by atoms with van der Waals surface area (Å²) >= 11 is 0. The van der Waals surface area contributed by atoms with Crippen LogP contribution in [0.1, 0.15) is 12.8 Å². The summed E-state index contributed by atoms with van der Waals surface area (Å²) in [5.74, 6) is 0.520. The third-order valence-corrected chi connectivity index (χ3v) is 1.99. The summed E-state index contributed by atoms with van der Waals surface area (Å²) in [7, 11) is 0. The van der Waals surface area contributed by atoms with E-state index < -0.39 is 0 Å². The first kappa shape index (κ1) is 5.98. The van der Waals surface area contributed by atoms with E-state index >= 15 is 0 Å². The molecule has 0 bridgehead atoms. The summed E-state index contributed by atoms with van der Waals surface area (Å²) in [5, 5.41) is 0. The van der Waals surface area contributed by atoms with Crippen LogP contribution < -0.4 is 5.48 Å². The Hall–Kier alpha value is -0.760. The Morgan fingerprint density at radius 1 is 1.60 bits per heavy atom. The predicted molar refractivity (Wildman–Crippen MR) is 38.0 cm³/mol. The normalized spacial score (nSPS) is 30.4. The molecule has 0 aromatic heterocycles. The van der Waals surface area contributed by atoms with Crippen molar-refractivity contribution in [1.82, 2.24) is 5.48 Å². The van der Waals surface area contributed by atoms with Crippen LogP contribution in [0, 0.1) is 5.92 Å². The lowest BCUT2D eigenvalue weighted by Crippen LogP contribution is -2.20. The van der Waals surface area contributed by atoms with Gasteiger partial charge in [0.2, 0.25) is 0 Å². The molecule has 2 aliphatic rings. The standard InChI is InChI=1S/C8H10NO/c1-2-4-8-6-10-9-5-7(8)3-1/h2,4-5,8H,1,3,6H2. The van der Waals surface area contributed by atoms with Crippen molar-refractivity contribution < 1.29 is 4.84 Å². The molecule has 1 aliphatic heterocycles. The zero-order chi connectivity index (χ0) is 6.81. The maximum atomic E-state index is 4.94. The van der Waals surface area contributed by atoms with E-state index in [1.54, 1.807) is 0 Å². The number of hydrogen-bond acceptors (Lipinski definition) is 1. The fraction of sp³-hybridized carbons (Fsp3) is 0.500. The van der Waals surface area contributed by atoms with Gasteiger partial charge < -0.3 is 0 Å². The number of hydrogen-bond donors (Lipinski definition) is 0. The maximum absolute atomic E-state index is 4.94. The van der Waals surface area contributed by atoms with Gasteiger partial charge in [0.05, 0.1) is 12.8 Å². The molecule has 0 amide bonds. The molecule has 1 heterocycles. The summed E-state index contributed by atoms with van der Waals surface area (Å²) in [6.45, 7) is 0.738. The third kappa shape index (κ3) is 0.948. The van der Waals surface area contributed by atoms with Crippen LogP contribution in [-0.4, -0.2) is 6.61 Å². The highest BCUT2D eigenvalue weighted by Crippen LogP contribution is 2.25. The van der Waals surface area contributed by atoms with E-state index in [4.69, 9.17) is 4.84 Å². The highest BCUT2D eigenvalue weighted by atomic mass is 16.6. The van der Waals surface area contributed by atoms with Gasteiger partial charge in [-0.3, -0.25) is 4.84 Å². The minimum absolute atomic E-state index is 0.520. The minimum atomic E-state index is 0.520. The van der Waals surface area contributed by atoms with Crippen molar-refractivity contribution in [2.24, 2.45) is 5.92 Å². The molecule has 1 radical (unpaired) electrons. The van der Waals surface area contributed by atoms with Crippen molar-refractivity contribution in [1.29, 1.82) is 0 Å². The predicted octanol–water partition coefficient (Wildman–Crippen LogP) is 1.39. The molecule has 0 aromatic rings. The van der Waals surface area contributed by atoms with Crippen LogP contribution in [0.25, 0.3) is 0 Å². The second-order valence-corrected chi connectivity index (χ2v) is 2.68. The summed E-state index contributed by atoms with van der Waals surface area (Å²) in [5.41, 5.74) is 5.19. The lowest BCUT2D eigenvalue weighted by atomic mass is 9.91. The molecular formula is C8H10NO. The molecule has 1 atom stereocenters. The first-order valence-electron chi connectivity index (χ1n) is 3.64. The summed E-state index contributed by atoms with van der Waals surface area (Å²) in [6, 6.07) is 0. The highest BCUT2D eigenvalue weighted by Gasteiger charge is 2.18. The number of fused-ring (bicyclic) bond motifs is 1. The van der Waals surface area contributed by atoms with Crippen molar-refractivity contribution in [3.05, 3.63) is 23.9 Å². The molecule has 1 unspecified atom stereocenters. The average Bonchev–Trinajstić information content (AvgIpc) is 2.05. The Bertz CT molecular complexity index is 184. The van der Waals surface area contributed by atoms with Gasteiger partial charge in [-0.1, -0.05) is 12.2 Å². The summed E-state index contributed by atoms with van der Waals surface area (Å²) in [6.07, 6.45) is 8.62. The van der Waals surface area contributed by atoms with Gasteiger partial charge in [0.25, 0.3) is 0 Å². The van der Waals surface area contributed by atoms with Gasteiger partial charge in [0.15, 0.2) is 0 Å². The quantitative estimate of drug-likeness (QED) is 0.461. The van der Waals surface area contributed by atoms with Crippen molar-refractivity contribution in [3.8, 4) is 0 Å². The average molecular weight is 136 g/mol. The fourth-order valence-electron chi connectivity index (χ4n) is 1.37. The molecule has 0 N–H and O–H groups in total. The smallest absolute Gasteiger partial charge is 0.0872 e. The molecule has 0 aromatic carbocycles. The topological polar surface area (TPSA) is 23.3 Å². The first-order chi connectivity index (χ1) is 4.97. The Morgan fingerprint density at radius 2 is 2.60 bits per heavy atom. The second kappa shape index (κ2) is 2.46. The number of allylic oxidation sites excluding steroid dienone is 1.